The molecule has 0 saturated carbocycles. The van der Waals surface area contributed by atoms with Gasteiger partial charge in [-0.25, -0.2) is 14.8 Å². The zero-order valence-electron chi connectivity index (χ0n) is 14.8. The molecule has 0 spiro atoms. The lowest BCUT2D eigenvalue weighted by Crippen LogP contribution is -2.31. The van der Waals surface area contributed by atoms with Crippen LogP contribution in [0.3, 0.4) is 0 Å². The summed E-state index contributed by atoms with van der Waals surface area (Å²) in [6.07, 6.45) is 2.26. The number of thiophene rings is 1. The van der Waals surface area contributed by atoms with Crippen molar-refractivity contribution in [3.63, 3.8) is 0 Å². The molecule has 8 nitrogen and oxygen atoms in total. The second-order valence-electron chi connectivity index (χ2n) is 6.16. The number of nitrogens with two attached hydrogens (primary N) is 1. The molecule has 0 radical (unpaired) electrons. The first-order valence-electron chi connectivity index (χ1n) is 8.39. The largest absolute Gasteiger partial charge is 0.477 e. The molecule has 0 aromatic carbocycles. The summed E-state index contributed by atoms with van der Waals surface area (Å²) in [5.41, 5.74) is 9.12. The molecule has 0 atom stereocenters. The molecule has 1 aliphatic rings. The monoisotopic (exact) mass is 393 g/mol. The van der Waals surface area contributed by atoms with E-state index in [4.69, 9.17) is 10.8 Å². The van der Waals surface area contributed by atoms with Crippen molar-refractivity contribution >= 4 is 29.2 Å². The number of nitrogen functional groups attached to an aromatic ring is 1. The molecule has 3 aromatic rings. The number of fused-ring (bicyclic) bond motifs is 1. The van der Waals surface area contributed by atoms with E-state index in [9.17, 15) is 9.59 Å². The Balaban J connectivity index is 1.80. The molecule has 4 N–H and O–H groups in total. The summed E-state index contributed by atoms with van der Waals surface area (Å²) in [5.74, 6) is 4.96. The zero-order chi connectivity index (χ0) is 19.8. The van der Waals surface area contributed by atoms with E-state index < -0.39 is 5.97 Å². The van der Waals surface area contributed by atoms with Crippen LogP contribution in [0.5, 0.6) is 0 Å². The molecule has 4 rings (SSSR count). The Morgan fingerprint density at radius 1 is 1.39 bits per heavy atom. The fourth-order valence-corrected chi connectivity index (χ4v) is 3.79. The average molecular weight is 393 g/mol. The SMILES string of the molecule is Cn1c(-c2nc(N)ncc2C#Cc2ccc(C(=O)O)s2)cc2c1CCNC2=O. The standard InChI is InChI=1S/C19H15N5O3S/c1-24-13-6-7-21-17(25)12(13)8-14(24)16-10(9-22-19(20)23-16)2-3-11-4-5-15(28-11)18(26)27/h4-5,8-9H,6-7H2,1H3,(H,21,25)(H,26,27)(H2,20,22,23). The highest BCUT2D eigenvalue weighted by atomic mass is 32.1. The summed E-state index contributed by atoms with van der Waals surface area (Å²) >= 11 is 1.09. The second-order valence-corrected chi connectivity index (χ2v) is 7.25. The van der Waals surface area contributed by atoms with Gasteiger partial charge in [0.05, 0.1) is 21.7 Å². The number of amides is 1. The zero-order valence-corrected chi connectivity index (χ0v) is 15.6. The maximum absolute atomic E-state index is 12.1. The van der Waals surface area contributed by atoms with Crippen LogP contribution in [0.1, 0.15) is 36.2 Å². The maximum Gasteiger partial charge on any atom is 0.345 e. The van der Waals surface area contributed by atoms with Gasteiger partial charge in [0.15, 0.2) is 0 Å². The molecule has 0 fully saturated rings. The number of hydrogen-bond donors (Lipinski definition) is 3. The summed E-state index contributed by atoms with van der Waals surface area (Å²) < 4.78 is 1.93. The van der Waals surface area contributed by atoms with Crippen molar-refractivity contribution in [2.24, 2.45) is 7.05 Å². The smallest absolute Gasteiger partial charge is 0.345 e. The molecule has 9 heteroatoms. The Bertz CT molecular complexity index is 1180. The molecule has 0 aliphatic carbocycles. The van der Waals surface area contributed by atoms with Gasteiger partial charge in [-0.1, -0.05) is 11.8 Å². The van der Waals surface area contributed by atoms with Gasteiger partial charge < -0.3 is 20.7 Å². The number of nitrogens with zero attached hydrogens (tertiary/aromatic N) is 3. The number of aromatic nitrogens is 3. The molecule has 0 saturated heterocycles. The molecular weight excluding hydrogens is 378 g/mol. The lowest BCUT2D eigenvalue weighted by atomic mass is 10.1. The Morgan fingerprint density at radius 2 is 2.21 bits per heavy atom. The van der Waals surface area contributed by atoms with E-state index in [1.807, 2.05) is 11.6 Å². The van der Waals surface area contributed by atoms with Crippen molar-refractivity contribution in [1.82, 2.24) is 19.9 Å². The van der Waals surface area contributed by atoms with Crippen LogP contribution in [0.25, 0.3) is 11.4 Å². The fourth-order valence-electron chi connectivity index (χ4n) is 3.09. The summed E-state index contributed by atoms with van der Waals surface area (Å²) in [6.45, 7) is 0.589. The lowest BCUT2D eigenvalue weighted by molar-refractivity contribution is 0.0702. The Labute approximate surface area is 164 Å². The number of nitrogens with one attached hydrogen (secondary N) is 1. The molecule has 140 valence electrons. The van der Waals surface area contributed by atoms with Crippen molar-refractivity contribution in [1.29, 1.82) is 0 Å². The third kappa shape index (κ3) is 3.10. The van der Waals surface area contributed by atoms with E-state index in [0.29, 0.717) is 28.2 Å². The first kappa shape index (κ1) is 17.8. The molecular formula is C19H15N5O3S. The normalized spacial score (nSPS) is 12.7. The first-order valence-corrected chi connectivity index (χ1v) is 9.20. The number of carbonyl (C=O) groups is 2. The summed E-state index contributed by atoms with van der Waals surface area (Å²) in [7, 11) is 1.88. The van der Waals surface area contributed by atoms with E-state index in [0.717, 1.165) is 29.1 Å². The van der Waals surface area contributed by atoms with Crippen molar-refractivity contribution in [3.8, 4) is 23.2 Å². The number of aromatic carboxylic acids is 1. The first-order chi connectivity index (χ1) is 13.4. The van der Waals surface area contributed by atoms with Crippen LogP contribution in [0.2, 0.25) is 0 Å². The van der Waals surface area contributed by atoms with Crippen LogP contribution in [0.15, 0.2) is 24.4 Å². The van der Waals surface area contributed by atoms with Crippen molar-refractivity contribution < 1.29 is 14.7 Å². The molecule has 3 aromatic heterocycles. The highest BCUT2D eigenvalue weighted by Crippen LogP contribution is 2.28. The predicted octanol–water partition coefficient (Wildman–Crippen LogP) is 1.51. The summed E-state index contributed by atoms with van der Waals surface area (Å²) in [5, 5.41) is 11.9. The fraction of sp³-hybridized carbons (Fsp3) is 0.158. The number of carboxylic acid groups (broad SMARTS) is 1. The number of hydrogen-bond acceptors (Lipinski definition) is 6. The third-order valence-electron chi connectivity index (χ3n) is 4.44. The topological polar surface area (TPSA) is 123 Å². The highest BCUT2D eigenvalue weighted by Gasteiger charge is 2.24. The maximum atomic E-state index is 12.1. The average Bonchev–Trinajstić information content (AvgIpc) is 3.27. The van der Waals surface area contributed by atoms with E-state index in [2.05, 4.69) is 27.1 Å². The van der Waals surface area contributed by atoms with Gasteiger partial charge in [-0.2, -0.15) is 0 Å². The third-order valence-corrected chi connectivity index (χ3v) is 5.43. The van der Waals surface area contributed by atoms with E-state index in [1.54, 1.807) is 12.1 Å². The van der Waals surface area contributed by atoms with Crippen molar-refractivity contribution in [3.05, 3.63) is 51.0 Å². The highest BCUT2D eigenvalue weighted by molar-refractivity contribution is 7.14. The molecule has 0 unspecified atom stereocenters. The van der Waals surface area contributed by atoms with Gasteiger partial charge in [-0.15, -0.1) is 11.3 Å². The summed E-state index contributed by atoms with van der Waals surface area (Å²) in [6, 6.07) is 4.95. The van der Waals surface area contributed by atoms with Crippen LogP contribution < -0.4 is 11.1 Å². The quantitative estimate of drug-likeness (QED) is 0.567. The number of rotatable bonds is 2. The van der Waals surface area contributed by atoms with E-state index >= 15 is 0 Å². The van der Waals surface area contributed by atoms with Gasteiger partial charge in [0.25, 0.3) is 5.91 Å². The van der Waals surface area contributed by atoms with Crippen LogP contribution in [-0.2, 0) is 13.5 Å². The predicted molar refractivity (Wildman–Crippen MR) is 104 cm³/mol. The minimum Gasteiger partial charge on any atom is -0.477 e. The van der Waals surface area contributed by atoms with E-state index in [-0.39, 0.29) is 16.7 Å². The van der Waals surface area contributed by atoms with Gasteiger partial charge in [-0.05, 0) is 18.2 Å². The number of anilines is 1. The van der Waals surface area contributed by atoms with E-state index in [1.165, 1.54) is 12.3 Å². The van der Waals surface area contributed by atoms with Gasteiger partial charge in [-0.3, -0.25) is 4.79 Å². The number of carboxylic acids is 1. The van der Waals surface area contributed by atoms with Gasteiger partial charge in [0.2, 0.25) is 5.95 Å². The Hall–Kier alpha value is -3.64. The van der Waals surface area contributed by atoms with Crippen molar-refractivity contribution in [2.45, 2.75) is 6.42 Å². The Morgan fingerprint density at radius 3 is 2.93 bits per heavy atom. The molecule has 4 heterocycles. The van der Waals surface area contributed by atoms with Gasteiger partial charge >= 0.3 is 5.97 Å². The lowest BCUT2D eigenvalue weighted by Gasteiger charge is -2.14. The van der Waals surface area contributed by atoms with Crippen LogP contribution in [-0.4, -0.2) is 38.1 Å². The summed E-state index contributed by atoms with van der Waals surface area (Å²) in [4.78, 5) is 32.4. The molecule has 0 bridgehead atoms. The molecule has 1 aliphatic heterocycles. The molecule has 1 amide bonds. The molecule has 28 heavy (non-hydrogen) atoms. The van der Waals surface area contributed by atoms with Crippen LogP contribution in [0.4, 0.5) is 5.95 Å². The van der Waals surface area contributed by atoms with Gasteiger partial charge in [0, 0.05) is 31.9 Å². The Kier molecular flexibility index (Phi) is 4.33. The minimum atomic E-state index is -0.984. The minimum absolute atomic E-state index is 0.105. The van der Waals surface area contributed by atoms with Crippen LogP contribution in [0, 0.1) is 11.8 Å². The van der Waals surface area contributed by atoms with Crippen LogP contribution >= 0.6 is 11.3 Å². The number of carbonyl (C=O) groups excluding carboxylic acids is 1. The van der Waals surface area contributed by atoms with Gasteiger partial charge in [0.1, 0.15) is 10.6 Å². The second kappa shape index (κ2) is 6.83. The van der Waals surface area contributed by atoms with Crippen molar-refractivity contribution in [2.75, 3.05) is 12.3 Å².